The van der Waals surface area contributed by atoms with Crippen molar-refractivity contribution in [1.29, 1.82) is 0 Å². The number of halogens is 1. The van der Waals surface area contributed by atoms with Gasteiger partial charge >= 0.3 is 0 Å². The zero-order chi connectivity index (χ0) is 21.1. The molecule has 1 aliphatic rings. The van der Waals surface area contributed by atoms with Gasteiger partial charge in [0.2, 0.25) is 5.43 Å². The molecule has 1 amide bonds. The Hall–Kier alpha value is -2.74. The second kappa shape index (κ2) is 8.95. The van der Waals surface area contributed by atoms with Gasteiger partial charge in [0, 0.05) is 44.4 Å². The predicted molar refractivity (Wildman–Crippen MR) is 116 cm³/mol. The third-order valence-corrected chi connectivity index (χ3v) is 5.45. The van der Waals surface area contributed by atoms with Gasteiger partial charge in [0.25, 0.3) is 5.91 Å². The van der Waals surface area contributed by atoms with Crippen molar-refractivity contribution >= 4 is 28.5 Å². The maximum absolute atomic E-state index is 13.0. The van der Waals surface area contributed by atoms with E-state index in [0.717, 1.165) is 24.3 Å². The SMILES string of the molecule is Cn1cc(C(=O)NCc2ccc(Cl)cc2)c(=O)c2nc(CN3CCOCC3)ccc21. The fraction of sp³-hybridized carbons (Fsp3) is 0.318. The molecule has 0 radical (unpaired) electrons. The van der Waals surface area contributed by atoms with Crippen molar-refractivity contribution in [1.82, 2.24) is 19.8 Å². The second-order valence-electron chi connectivity index (χ2n) is 7.35. The minimum Gasteiger partial charge on any atom is -0.379 e. The summed E-state index contributed by atoms with van der Waals surface area (Å²) in [5, 5.41) is 3.43. The number of fused-ring (bicyclic) bond motifs is 1. The van der Waals surface area contributed by atoms with Crippen molar-refractivity contribution in [3.8, 4) is 0 Å². The number of pyridine rings is 2. The topological polar surface area (TPSA) is 76.5 Å². The standard InChI is InChI=1S/C22H23ClN4O3/c1-26-14-18(22(29)24-12-15-2-4-16(23)5-3-15)21(28)20-19(26)7-6-17(25-20)13-27-8-10-30-11-9-27/h2-7,14H,8-13H2,1H3,(H,24,29). The maximum Gasteiger partial charge on any atom is 0.257 e. The van der Waals surface area contributed by atoms with E-state index in [1.54, 1.807) is 29.9 Å². The van der Waals surface area contributed by atoms with Crippen LogP contribution in [0.15, 0.2) is 47.4 Å². The number of hydrogen-bond acceptors (Lipinski definition) is 5. The van der Waals surface area contributed by atoms with Crippen LogP contribution < -0.4 is 10.7 Å². The highest BCUT2D eigenvalue weighted by Gasteiger charge is 2.17. The number of carbonyl (C=O) groups is 1. The molecule has 3 heterocycles. The first-order valence-electron chi connectivity index (χ1n) is 9.83. The molecule has 2 aromatic heterocycles. The third kappa shape index (κ3) is 4.53. The van der Waals surface area contributed by atoms with Crippen LogP contribution in [0.4, 0.5) is 0 Å². The second-order valence-corrected chi connectivity index (χ2v) is 7.79. The average molecular weight is 427 g/mol. The highest BCUT2D eigenvalue weighted by atomic mass is 35.5. The molecule has 0 saturated carbocycles. The Labute approximate surface area is 179 Å². The first-order chi connectivity index (χ1) is 14.5. The summed E-state index contributed by atoms with van der Waals surface area (Å²) < 4.78 is 7.14. The van der Waals surface area contributed by atoms with Gasteiger partial charge < -0.3 is 14.6 Å². The minimum absolute atomic E-state index is 0.0787. The average Bonchev–Trinajstić information content (AvgIpc) is 2.76. The van der Waals surface area contributed by atoms with Gasteiger partial charge in [-0.1, -0.05) is 23.7 Å². The van der Waals surface area contributed by atoms with Gasteiger partial charge in [0.05, 0.1) is 24.4 Å². The third-order valence-electron chi connectivity index (χ3n) is 5.19. The molecular weight excluding hydrogens is 404 g/mol. The van der Waals surface area contributed by atoms with E-state index in [4.69, 9.17) is 16.3 Å². The number of rotatable bonds is 5. The molecule has 3 aromatic rings. The molecular formula is C22H23ClN4O3. The van der Waals surface area contributed by atoms with Crippen molar-refractivity contribution in [2.24, 2.45) is 7.05 Å². The first-order valence-corrected chi connectivity index (χ1v) is 10.2. The molecule has 0 atom stereocenters. The van der Waals surface area contributed by atoms with E-state index in [2.05, 4.69) is 15.2 Å². The summed E-state index contributed by atoms with van der Waals surface area (Å²) in [7, 11) is 1.81. The fourth-order valence-electron chi connectivity index (χ4n) is 3.51. The lowest BCUT2D eigenvalue weighted by Gasteiger charge is -2.26. The van der Waals surface area contributed by atoms with Crippen LogP contribution in [0, 0.1) is 0 Å². The number of nitrogens with zero attached hydrogens (tertiary/aromatic N) is 3. The van der Waals surface area contributed by atoms with Crippen molar-refractivity contribution < 1.29 is 9.53 Å². The molecule has 1 aliphatic heterocycles. The fourth-order valence-corrected chi connectivity index (χ4v) is 3.64. The Balaban J connectivity index is 1.58. The largest absolute Gasteiger partial charge is 0.379 e. The molecule has 8 heteroatoms. The lowest BCUT2D eigenvalue weighted by Crippen LogP contribution is -2.36. The van der Waals surface area contributed by atoms with Crippen molar-refractivity contribution in [3.63, 3.8) is 0 Å². The molecule has 156 valence electrons. The number of amides is 1. The summed E-state index contributed by atoms with van der Waals surface area (Å²) in [6.07, 6.45) is 1.56. The molecule has 1 aromatic carbocycles. The van der Waals surface area contributed by atoms with Crippen molar-refractivity contribution in [3.05, 3.63) is 74.7 Å². The Morgan fingerprint density at radius 3 is 2.63 bits per heavy atom. The summed E-state index contributed by atoms with van der Waals surface area (Å²) in [4.78, 5) is 32.6. The van der Waals surface area contributed by atoms with Gasteiger partial charge in [-0.25, -0.2) is 4.98 Å². The smallest absolute Gasteiger partial charge is 0.257 e. The minimum atomic E-state index is -0.423. The van der Waals surface area contributed by atoms with Crippen LogP contribution in [-0.4, -0.2) is 46.7 Å². The van der Waals surface area contributed by atoms with E-state index in [9.17, 15) is 9.59 Å². The number of carbonyl (C=O) groups excluding carboxylic acids is 1. The molecule has 0 aliphatic carbocycles. The molecule has 30 heavy (non-hydrogen) atoms. The lowest BCUT2D eigenvalue weighted by atomic mass is 10.1. The quantitative estimate of drug-likeness (QED) is 0.677. The van der Waals surface area contributed by atoms with Crippen molar-refractivity contribution in [2.75, 3.05) is 26.3 Å². The monoisotopic (exact) mass is 426 g/mol. The normalized spacial score (nSPS) is 14.7. The van der Waals surface area contributed by atoms with Crippen LogP contribution in [0.5, 0.6) is 0 Å². The molecule has 1 saturated heterocycles. The van der Waals surface area contributed by atoms with E-state index >= 15 is 0 Å². The number of ether oxygens (including phenoxy) is 1. The summed E-state index contributed by atoms with van der Waals surface area (Å²) in [5.41, 5.74) is 2.43. The molecule has 7 nitrogen and oxygen atoms in total. The van der Waals surface area contributed by atoms with Crippen LogP contribution in [-0.2, 0) is 24.9 Å². The Bertz CT molecular complexity index is 1120. The van der Waals surface area contributed by atoms with E-state index in [0.29, 0.717) is 42.4 Å². The maximum atomic E-state index is 13.0. The van der Waals surface area contributed by atoms with Crippen LogP contribution in [0.25, 0.3) is 11.0 Å². The molecule has 0 spiro atoms. The molecule has 1 N–H and O–H groups in total. The molecule has 1 fully saturated rings. The van der Waals surface area contributed by atoms with Crippen molar-refractivity contribution in [2.45, 2.75) is 13.1 Å². The number of nitrogens with one attached hydrogen (secondary N) is 1. The Kier molecular flexibility index (Phi) is 6.13. The highest BCUT2D eigenvalue weighted by Crippen LogP contribution is 2.13. The predicted octanol–water partition coefficient (Wildman–Crippen LogP) is 2.35. The number of morpholine rings is 1. The van der Waals surface area contributed by atoms with Crippen LogP contribution in [0.2, 0.25) is 5.02 Å². The lowest BCUT2D eigenvalue weighted by molar-refractivity contribution is 0.0337. The van der Waals surface area contributed by atoms with E-state index in [1.807, 2.05) is 24.3 Å². The molecule has 4 rings (SSSR count). The summed E-state index contributed by atoms with van der Waals surface area (Å²) in [5.74, 6) is -0.423. The summed E-state index contributed by atoms with van der Waals surface area (Å²) in [6.45, 7) is 4.04. The van der Waals surface area contributed by atoms with Gasteiger partial charge in [0.15, 0.2) is 0 Å². The Morgan fingerprint density at radius 1 is 1.17 bits per heavy atom. The zero-order valence-corrected chi connectivity index (χ0v) is 17.5. The molecule has 0 unspecified atom stereocenters. The van der Waals surface area contributed by atoms with Gasteiger partial charge in [-0.05, 0) is 29.8 Å². The summed E-state index contributed by atoms with van der Waals surface area (Å²) in [6, 6.07) is 11.0. The van der Waals surface area contributed by atoms with Gasteiger partial charge in [-0.2, -0.15) is 0 Å². The number of benzene rings is 1. The van der Waals surface area contributed by atoms with E-state index in [1.165, 1.54) is 0 Å². The van der Waals surface area contributed by atoms with Gasteiger partial charge in [-0.15, -0.1) is 0 Å². The van der Waals surface area contributed by atoms with Crippen LogP contribution in [0.1, 0.15) is 21.6 Å². The Morgan fingerprint density at radius 2 is 1.90 bits per heavy atom. The van der Waals surface area contributed by atoms with Crippen LogP contribution in [0.3, 0.4) is 0 Å². The number of aromatic nitrogens is 2. The van der Waals surface area contributed by atoms with E-state index in [-0.39, 0.29) is 11.0 Å². The highest BCUT2D eigenvalue weighted by molar-refractivity contribution is 6.30. The summed E-state index contributed by atoms with van der Waals surface area (Å²) >= 11 is 5.89. The van der Waals surface area contributed by atoms with Crippen LogP contribution >= 0.6 is 11.6 Å². The van der Waals surface area contributed by atoms with Gasteiger partial charge in [0.1, 0.15) is 11.1 Å². The first kappa shape index (κ1) is 20.5. The zero-order valence-electron chi connectivity index (χ0n) is 16.7. The van der Waals surface area contributed by atoms with E-state index < -0.39 is 5.91 Å². The molecule has 0 bridgehead atoms. The number of aryl methyl sites for hydroxylation is 1. The van der Waals surface area contributed by atoms with Gasteiger partial charge in [-0.3, -0.25) is 14.5 Å². The number of hydrogen-bond donors (Lipinski definition) is 1.